The molecular formula is C16H26N2O2. The highest BCUT2D eigenvalue weighted by Gasteiger charge is 2.16. The lowest BCUT2D eigenvalue weighted by molar-refractivity contribution is 0.221. The molecule has 1 N–H and O–H groups in total. The summed E-state index contributed by atoms with van der Waals surface area (Å²) in [4.78, 5) is 2.57. The Bertz CT molecular complexity index is 415. The van der Waals surface area contributed by atoms with Crippen molar-refractivity contribution < 1.29 is 9.47 Å². The maximum absolute atomic E-state index is 5.38. The molecule has 2 rings (SSSR count). The van der Waals surface area contributed by atoms with E-state index in [9.17, 15) is 0 Å². The summed E-state index contributed by atoms with van der Waals surface area (Å²) in [5.41, 5.74) is 1.30. The second-order valence-corrected chi connectivity index (χ2v) is 5.38. The minimum Gasteiger partial charge on any atom is -0.493 e. The van der Waals surface area contributed by atoms with Crippen LogP contribution in [-0.4, -0.2) is 51.3 Å². The van der Waals surface area contributed by atoms with E-state index in [4.69, 9.17) is 9.47 Å². The summed E-state index contributed by atoms with van der Waals surface area (Å²) in [5, 5.41) is 3.45. The monoisotopic (exact) mass is 278 g/mol. The van der Waals surface area contributed by atoms with Gasteiger partial charge in [-0.1, -0.05) is 6.07 Å². The van der Waals surface area contributed by atoms with Gasteiger partial charge in [0.15, 0.2) is 11.5 Å². The van der Waals surface area contributed by atoms with Gasteiger partial charge in [-0.3, -0.25) is 4.90 Å². The van der Waals surface area contributed by atoms with Crippen LogP contribution in [-0.2, 0) is 6.42 Å². The van der Waals surface area contributed by atoms with Gasteiger partial charge in [0.2, 0.25) is 0 Å². The van der Waals surface area contributed by atoms with E-state index in [2.05, 4.69) is 29.3 Å². The number of methoxy groups -OCH3 is 2. The lowest BCUT2D eigenvalue weighted by Gasteiger charge is -2.27. The zero-order chi connectivity index (χ0) is 14.4. The third kappa shape index (κ3) is 3.87. The summed E-state index contributed by atoms with van der Waals surface area (Å²) in [7, 11) is 3.36. The summed E-state index contributed by atoms with van der Waals surface area (Å²) in [6.07, 6.45) is 2.27. The number of rotatable bonds is 5. The molecule has 1 saturated heterocycles. The smallest absolute Gasteiger partial charge is 0.160 e. The topological polar surface area (TPSA) is 33.7 Å². The van der Waals surface area contributed by atoms with Crippen molar-refractivity contribution in [3.05, 3.63) is 23.8 Å². The van der Waals surface area contributed by atoms with Crippen LogP contribution in [0.2, 0.25) is 0 Å². The molecule has 1 aliphatic rings. The van der Waals surface area contributed by atoms with E-state index >= 15 is 0 Å². The number of hydrogen-bond acceptors (Lipinski definition) is 4. The van der Waals surface area contributed by atoms with Gasteiger partial charge in [0, 0.05) is 19.1 Å². The molecule has 0 saturated carbocycles. The van der Waals surface area contributed by atoms with Crippen molar-refractivity contribution in [2.75, 3.05) is 40.4 Å². The molecule has 4 heteroatoms. The quantitative estimate of drug-likeness (QED) is 0.892. The molecule has 0 spiro atoms. The SMILES string of the molecule is COc1ccc(CC(C)N2CCCNCC2)cc1OC. The van der Waals surface area contributed by atoms with Crippen molar-refractivity contribution in [1.82, 2.24) is 10.2 Å². The van der Waals surface area contributed by atoms with Crippen molar-refractivity contribution in [3.8, 4) is 11.5 Å². The van der Waals surface area contributed by atoms with Gasteiger partial charge < -0.3 is 14.8 Å². The zero-order valence-electron chi connectivity index (χ0n) is 12.8. The van der Waals surface area contributed by atoms with Crippen LogP contribution in [0.4, 0.5) is 0 Å². The number of nitrogens with one attached hydrogen (secondary N) is 1. The van der Waals surface area contributed by atoms with Gasteiger partial charge in [0.25, 0.3) is 0 Å². The molecule has 1 aromatic carbocycles. The minimum atomic E-state index is 0.549. The normalized spacial score (nSPS) is 18.4. The molecule has 0 aromatic heterocycles. The Morgan fingerprint density at radius 1 is 1.15 bits per heavy atom. The van der Waals surface area contributed by atoms with Crippen LogP contribution in [0.25, 0.3) is 0 Å². The Kier molecular flexibility index (Phi) is 5.68. The highest BCUT2D eigenvalue weighted by atomic mass is 16.5. The van der Waals surface area contributed by atoms with Crippen LogP contribution in [0.3, 0.4) is 0 Å². The van der Waals surface area contributed by atoms with Gasteiger partial charge in [-0.05, 0) is 50.6 Å². The van der Waals surface area contributed by atoms with Crippen molar-refractivity contribution in [2.45, 2.75) is 25.8 Å². The molecule has 1 unspecified atom stereocenters. The standard InChI is InChI=1S/C16H26N2O2/c1-13(18-9-4-7-17-8-10-18)11-14-5-6-15(19-2)16(12-14)20-3/h5-6,12-13,17H,4,7-11H2,1-3H3. The third-order valence-corrected chi connectivity index (χ3v) is 3.98. The van der Waals surface area contributed by atoms with Crippen molar-refractivity contribution in [1.29, 1.82) is 0 Å². The predicted octanol–water partition coefficient (Wildman–Crippen LogP) is 1.93. The average Bonchev–Trinajstić information content (AvgIpc) is 2.76. The summed E-state index contributed by atoms with van der Waals surface area (Å²) >= 11 is 0. The molecule has 1 fully saturated rings. The third-order valence-electron chi connectivity index (χ3n) is 3.98. The van der Waals surface area contributed by atoms with Gasteiger partial charge >= 0.3 is 0 Å². The number of hydrogen-bond donors (Lipinski definition) is 1. The van der Waals surface area contributed by atoms with Crippen LogP contribution in [0, 0.1) is 0 Å². The summed E-state index contributed by atoms with van der Waals surface area (Å²) in [6.45, 7) is 6.85. The Morgan fingerprint density at radius 2 is 1.95 bits per heavy atom. The number of ether oxygens (including phenoxy) is 2. The highest BCUT2D eigenvalue weighted by Crippen LogP contribution is 2.28. The maximum atomic E-state index is 5.38. The van der Waals surface area contributed by atoms with E-state index in [-0.39, 0.29) is 0 Å². The lowest BCUT2D eigenvalue weighted by atomic mass is 10.0. The first-order valence-corrected chi connectivity index (χ1v) is 7.40. The summed E-state index contributed by atoms with van der Waals surface area (Å²) in [6, 6.07) is 6.76. The molecule has 0 bridgehead atoms. The first-order chi connectivity index (χ1) is 9.74. The first-order valence-electron chi connectivity index (χ1n) is 7.40. The molecule has 4 nitrogen and oxygen atoms in total. The van der Waals surface area contributed by atoms with Gasteiger partial charge in [-0.25, -0.2) is 0 Å². The molecule has 1 aliphatic heterocycles. The molecule has 0 aliphatic carbocycles. The van der Waals surface area contributed by atoms with E-state index in [0.29, 0.717) is 6.04 Å². The second-order valence-electron chi connectivity index (χ2n) is 5.38. The minimum absolute atomic E-state index is 0.549. The van der Waals surface area contributed by atoms with Crippen LogP contribution in [0.5, 0.6) is 11.5 Å². The van der Waals surface area contributed by atoms with E-state index < -0.39 is 0 Å². The van der Waals surface area contributed by atoms with Crippen molar-refractivity contribution in [3.63, 3.8) is 0 Å². The lowest BCUT2D eigenvalue weighted by Crippen LogP contribution is -2.37. The number of benzene rings is 1. The van der Waals surface area contributed by atoms with Crippen LogP contribution in [0.1, 0.15) is 18.9 Å². The molecular weight excluding hydrogens is 252 g/mol. The van der Waals surface area contributed by atoms with Crippen LogP contribution < -0.4 is 14.8 Å². The second kappa shape index (κ2) is 7.50. The van der Waals surface area contributed by atoms with E-state index in [1.54, 1.807) is 14.2 Å². The average molecular weight is 278 g/mol. The zero-order valence-corrected chi connectivity index (χ0v) is 12.8. The largest absolute Gasteiger partial charge is 0.493 e. The van der Waals surface area contributed by atoms with Crippen molar-refractivity contribution in [2.24, 2.45) is 0 Å². The van der Waals surface area contributed by atoms with E-state index in [0.717, 1.165) is 37.6 Å². The van der Waals surface area contributed by atoms with Crippen LogP contribution >= 0.6 is 0 Å². The van der Waals surface area contributed by atoms with Crippen LogP contribution in [0.15, 0.2) is 18.2 Å². The fourth-order valence-electron chi connectivity index (χ4n) is 2.79. The molecule has 1 aromatic rings. The van der Waals surface area contributed by atoms with E-state index in [1.165, 1.54) is 18.5 Å². The predicted molar refractivity (Wildman–Crippen MR) is 81.8 cm³/mol. The fourth-order valence-corrected chi connectivity index (χ4v) is 2.79. The summed E-state index contributed by atoms with van der Waals surface area (Å²) < 4.78 is 10.7. The first kappa shape index (κ1) is 15.1. The molecule has 1 atom stereocenters. The Morgan fingerprint density at radius 3 is 2.70 bits per heavy atom. The van der Waals surface area contributed by atoms with Gasteiger partial charge in [-0.2, -0.15) is 0 Å². The molecule has 0 radical (unpaired) electrons. The van der Waals surface area contributed by atoms with E-state index in [1.807, 2.05) is 6.07 Å². The number of nitrogens with zero attached hydrogens (tertiary/aromatic N) is 1. The molecule has 0 amide bonds. The Labute approximate surface area is 122 Å². The Hall–Kier alpha value is -1.26. The molecule has 112 valence electrons. The highest BCUT2D eigenvalue weighted by molar-refractivity contribution is 5.43. The maximum Gasteiger partial charge on any atom is 0.160 e. The van der Waals surface area contributed by atoms with Gasteiger partial charge in [0.1, 0.15) is 0 Å². The van der Waals surface area contributed by atoms with Gasteiger partial charge in [-0.15, -0.1) is 0 Å². The fraction of sp³-hybridized carbons (Fsp3) is 0.625. The van der Waals surface area contributed by atoms with Gasteiger partial charge in [0.05, 0.1) is 14.2 Å². The van der Waals surface area contributed by atoms with Crippen molar-refractivity contribution >= 4 is 0 Å². The molecule has 1 heterocycles. The summed E-state index contributed by atoms with van der Waals surface area (Å²) in [5.74, 6) is 1.61. The Balaban J connectivity index is 2.01. The molecule has 20 heavy (non-hydrogen) atoms.